The fraction of sp³-hybridized carbons (Fsp3) is 0.375. The number of rotatable bonds is 7. The van der Waals surface area contributed by atoms with Gasteiger partial charge in [-0.15, -0.1) is 0 Å². The highest BCUT2D eigenvalue weighted by Crippen LogP contribution is 2.63. The van der Waals surface area contributed by atoms with Crippen molar-refractivity contribution in [2.45, 2.75) is 62.3 Å². The van der Waals surface area contributed by atoms with Crippen molar-refractivity contribution in [3.63, 3.8) is 0 Å². The largest absolute Gasteiger partial charge is 0.508 e. The van der Waals surface area contributed by atoms with Gasteiger partial charge in [-0.1, -0.05) is 60.7 Å². The van der Waals surface area contributed by atoms with E-state index in [4.69, 9.17) is 14.0 Å². The van der Waals surface area contributed by atoms with Crippen LogP contribution in [-0.2, 0) is 25.8 Å². The van der Waals surface area contributed by atoms with Gasteiger partial charge in [0.2, 0.25) is 5.78 Å². The fourth-order valence-corrected chi connectivity index (χ4v) is 9.53. The first-order chi connectivity index (χ1) is 25.4. The Morgan fingerprint density at radius 1 is 0.981 bits per heavy atom. The van der Waals surface area contributed by atoms with Gasteiger partial charge in [0.1, 0.15) is 30.3 Å². The van der Waals surface area contributed by atoms with Crippen LogP contribution in [0.5, 0.6) is 11.6 Å². The minimum Gasteiger partial charge on any atom is -0.508 e. The third-order valence-corrected chi connectivity index (χ3v) is 11.8. The Kier molecular flexibility index (Phi) is 7.67. The number of hydrogen-bond acceptors (Lipinski definition) is 10. The maximum absolute atomic E-state index is 15.2. The summed E-state index contributed by atoms with van der Waals surface area (Å²) < 4.78 is 63.7. The van der Waals surface area contributed by atoms with Crippen LogP contribution in [0.2, 0.25) is 0 Å². The summed E-state index contributed by atoms with van der Waals surface area (Å²) in [7, 11) is 3.39. The monoisotopic (exact) mass is 727 g/mol. The van der Waals surface area contributed by atoms with Gasteiger partial charge < -0.3 is 29.5 Å². The first kappa shape index (κ1) is 33.8. The lowest BCUT2D eigenvalue weighted by Gasteiger charge is -2.50. The van der Waals surface area contributed by atoms with E-state index in [1.807, 2.05) is 60.7 Å². The molecule has 274 valence electrons. The number of hydrogen-bond donors (Lipinski definition) is 3. The van der Waals surface area contributed by atoms with E-state index in [9.17, 15) is 19.8 Å². The Hall–Kier alpha value is -4.98. The van der Waals surface area contributed by atoms with Gasteiger partial charge in [-0.3, -0.25) is 14.5 Å². The first-order valence-corrected chi connectivity index (χ1v) is 17.7. The molecule has 13 heteroatoms. The van der Waals surface area contributed by atoms with E-state index in [1.165, 1.54) is 0 Å². The van der Waals surface area contributed by atoms with Crippen molar-refractivity contribution in [2.24, 2.45) is 11.8 Å². The maximum atomic E-state index is 15.2. The molecule has 5 aliphatic rings. The molecule has 3 N–H and O–H groups in total. The topological polar surface area (TPSA) is 134 Å². The number of nitrogens with zero attached hydrogens (tertiary/aromatic N) is 2. The predicted molar refractivity (Wildman–Crippen MR) is 183 cm³/mol. The van der Waals surface area contributed by atoms with Crippen molar-refractivity contribution < 1.29 is 47.0 Å². The number of nitrogens with one attached hydrogen (secondary N) is 1. The number of Topliss-reactive ketones (excluding diaryl/α,β-unsaturated/α-hetero) is 2. The van der Waals surface area contributed by atoms with Gasteiger partial charge in [0.05, 0.1) is 17.2 Å². The second-order valence-corrected chi connectivity index (χ2v) is 14.8. The molecule has 53 heavy (non-hydrogen) atoms. The summed E-state index contributed by atoms with van der Waals surface area (Å²) in [5.74, 6) is -5.23. The lowest BCUT2D eigenvalue weighted by Crippen LogP contribution is -2.59. The summed E-state index contributed by atoms with van der Waals surface area (Å²) in [5.41, 5.74) is -2.40. The van der Waals surface area contributed by atoms with Gasteiger partial charge >= 0.3 is 6.18 Å². The molecule has 0 amide bonds. The highest BCUT2D eigenvalue weighted by atomic mass is 19.4. The molecule has 2 heterocycles. The smallest absolute Gasteiger partial charge is 0.416 e. The molecule has 1 saturated heterocycles. The number of ketones is 2. The number of ether oxygens (including phenoxy) is 2. The Morgan fingerprint density at radius 3 is 2.28 bits per heavy atom. The average molecular weight is 728 g/mol. The summed E-state index contributed by atoms with van der Waals surface area (Å²) in [6.07, 6.45) is -4.63. The SMILES string of the molecule is CN(C)[C@@H]1c2onc(OCc3ccccc3)c2C(=O)[C@@]2(O)C(O)=C3C(=O)c4c(c(C(F)(F)F)c5c(c4OCc4ccccc4)C4NCCC54)C[C@H]3C[C@@H]12. The highest BCUT2D eigenvalue weighted by Gasteiger charge is 2.65. The second kappa shape index (κ2) is 12.0. The number of carbonyl (C=O) groups excluding carboxylic acids is 2. The molecule has 0 bridgehead atoms. The second-order valence-electron chi connectivity index (χ2n) is 14.8. The van der Waals surface area contributed by atoms with Crippen LogP contribution in [-0.4, -0.2) is 58.1 Å². The minimum absolute atomic E-state index is 0.0127. The Bertz CT molecular complexity index is 2200. The fourth-order valence-electron chi connectivity index (χ4n) is 9.53. The molecule has 4 aliphatic carbocycles. The van der Waals surface area contributed by atoms with Crippen LogP contribution in [0.4, 0.5) is 13.2 Å². The highest BCUT2D eigenvalue weighted by molar-refractivity contribution is 6.16. The lowest BCUT2D eigenvalue weighted by atomic mass is 9.57. The zero-order chi connectivity index (χ0) is 37.0. The Balaban J connectivity index is 1.19. The van der Waals surface area contributed by atoms with E-state index >= 15 is 13.2 Å². The molecule has 1 aromatic heterocycles. The number of alkyl halides is 3. The maximum Gasteiger partial charge on any atom is 0.416 e. The summed E-state index contributed by atoms with van der Waals surface area (Å²) in [6.45, 7) is 0.525. The number of allylic oxidation sites excluding steroid dienone is 1. The summed E-state index contributed by atoms with van der Waals surface area (Å²) in [6, 6.07) is 16.9. The van der Waals surface area contributed by atoms with E-state index in [1.54, 1.807) is 19.0 Å². The normalized spacial score (nSPS) is 27.0. The predicted octanol–water partition coefficient (Wildman–Crippen LogP) is 6.40. The van der Waals surface area contributed by atoms with Crippen LogP contribution in [0.1, 0.15) is 90.7 Å². The summed E-state index contributed by atoms with van der Waals surface area (Å²) in [5, 5.41) is 31.9. The van der Waals surface area contributed by atoms with Gasteiger partial charge in [-0.2, -0.15) is 13.2 Å². The number of aromatic nitrogens is 1. The molecule has 6 atom stereocenters. The number of aliphatic hydroxyl groups excluding tert-OH is 1. The van der Waals surface area contributed by atoms with E-state index < -0.39 is 58.6 Å². The lowest BCUT2D eigenvalue weighted by molar-refractivity contribution is -0.139. The van der Waals surface area contributed by atoms with Gasteiger partial charge in [0.25, 0.3) is 5.88 Å². The standard InChI is InChI=1S/C40H36F3N3O7/c1-46(2)32-24-16-21-15-23-27(34(51-17-19-9-5-3-6-10-19)28-26(30(23)40(41,42)43)22-13-14-44-31(22)28)33(47)25(21)36(48)39(24,50)37(49)29-35(32)53-45-38(29)52-18-20-11-7-4-8-12-20/h3-12,21-22,24,31-32,44,48,50H,13-18H2,1-2H3/t21-,22?,24-,31?,32-,39-/m0/s1. The van der Waals surface area contributed by atoms with E-state index in [0.29, 0.717) is 18.5 Å². The van der Waals surface area contributed by atoms with Gasteiger partial charge in [-0.05, 0) is 73.2 Å². The third-order valence-electron chi connectivity index (χ3n) is 11.8. The van der Waals surface area contributed by atoms with Crippen LogP contribution >= 0.6 is 0 Å². The first-order valence-electron chi connectivity index (χ1n) is 17.7. The zero-order valence-electron chi connectivity index (χ0n) is 28.9. The molecule has 0 saturated carbocycles. The zero-order valence-corrected chi connectivity index (χ0v) is 28.9. The molecule has 4 aromatic rings. The van der Waals surface area contributed by atoms with Crippen LogP contribution in [0, 0.1) is 11.8 Å². The Labute approximate surface area is 302 Å². The number of halogens is 3. The van der Waals surface area contributed by atoms with Crippen molar-refractivity contribution in [1.29, 1.82) is 0 Å². The van der Waals surface area contributed by atoms with Crippen molar-refractivity contribution in [1.82, 2.24) is 15.4 Å². The molecule has 9 rings (SSSR count). The molecule has 0 spiro atoms. The quantitative estimate of drug-likeness (QED) is 0.196. The van der Waals surface area contributed by atoms with Gasteiger partial charge in [0, 0.05) is 29.0 Å². The number of carbonyl (C=O) groups is 2. The number of fused-ring (bicyclic) bond motifs is 8. The van der Waals surface area contributed by atoms with Crippen molar-refractivity contribution >= 4 is 11.6 Å². The Morgan fingerprint density at radius 2 is 1.64 bits per heavy atom. The third kappa shape index (κ3) is 4.86. The molecule has 1 fully saturated rings. The van der Waals surface area contributed by atoms with E-state index in [0.717, 1.165) is 11.1 Å². The van der Waals surface area contributed by atoms with Gasteiger partial charge in [-0.25, -0.2) is 0 Å². The average Bonchev–Trinajstić information content (AvgIpc) is 3.74. The molecular weight excluding hydrogens is 691 g/mol. The molecule has 0 radical (unpaired) electrons. The van der Waals surface area contributed by atoms with Crippen molar-refractivity contribution in [3.05, 3.63) is 122 Å². The number of aliphatic hydroxyl groups is 2. The van der Waals surface area contributed by atoms with Crippen LogP contribution in [0.25, 0.3) is 0 Å². The van der Waals surface area contributed by atoms with Crippen molar-refractivity contribution in [2.75, 3.05) is 20.6 Å². The molecule has 3 aromatic carbocycles. The molecular formula is C40H36F3N3O7. The summed E-state index contributed by atoms with van der Waals surface area (Å²) >= 11 is 0. The van der Waals surface area contributed by atoms with Crippen LogP contribution in [0.3, 0.4) is 0 Å². The van der Waals surface area contributed by atoms with Crippen molar-refractivity contribution in [3.8, 4) is 11.6 Å². The molecule has 2 unspecified atom stereocenters. The minimum atomic E-state index is -4.78. The summed E-state index contributed by atoms with van der Waals surface area (Å²) in [4.78, 5) is 31.0. The molecule has 10 nitrogen and oxygen atoms in total. The van der Waals surface area contributed by atoms with Crippen LogP contribution in [0.15, 0.2) is 76.5 Å². The number of benzene rings is 3. The van der Waals surface area contributed by atoms with E-state index in [2.05, 4.69) is 10.5 Å². The van der Waals surface area contributed by atoms with E-state index in [-0.39, 0.29) is 77.2 Å². The van der Waals surface area contributed by atoms with Gasteiger partial charge in [0.15, 0.2) is 17.1 Å². The molecule has 1 aliphatic heterocycles. The van der Waals surface area contributed by atoms with Crippen LogP contribution < -0.4 is 14.8 Å².